The number of rotatable bonds is 5. The summed E-state index contributed by atoms with van der Waals surface area (Å²) in [6, 6.07) is 16.8. The summed E-state index contributed by atoms with van der Waals surface area (Å²) in [5.74, 6) is 1.19. The largest absolute Gasteiger partial charge is 0.416 e. The lowest BCUT2D eigenvalue weighted by atomic mass is 9.81. The van der Waals surface area contributed by atoms with Gasteiger partial charge in [-0.05, 0) is 65.9 Å². The van der Waals surface area contributed by atoms with Crippen molar-refractivity contribution in [1.82, 2.24) is 19.7 Å². The van der Waals surface area contributed by atoms with E-state index in [9.17, 15) is 28.8 Å². The normalized spacial score (nSPS) is 19.7. The maximum absolute atomic E-state index is 13.8. The number of aromatic nitrogens is 4. The molecule has 0 radical (unpaired) electrons. The predicted molar refractivity (Wildman–Crippen MR) is 143 cm³/mol. The fourth-order valence-electron chi connectivity index (χ4n) is 5.44. The molecule has 2 aliphatic rings. The SMILES string of the molecule is Cn1cnnc1-c1ccc(C#N)cc1-c1cc(N[C@H]2C[C@H](C#N)C2)nc(N2Cc3c(cccc3C(F)(F)F)C2O)c1. The number of nitrogens with zero attached hydrogens (tertiary/aromatic N) is 7. The van der Waals surface area contributed by atoms with E-state index in [1.165, 1.54) is 17.0 Å². The zero-order valence-electron chi connectivity index (χ0n) is 21.8. The Morgan fingerprint density at radius 1 is 1.07 bits per heavy atom. The Kier molecular flexibility index (Phi) is 6.36. The number of alkyl halides is 3. The van der Waals surface area contributed by atoms with E-state index in [0.717, 1.165) is 6.07 Å². The van der Waals surface area contributed by atoms with Gasteiger partial charge in [0, 0.05) is 30.8 Å². The van der Waals surface area contributed by atoms with E-state index in [-0.39, 0.29) is 35.4 Å². The average molecular weight is 557 g/mol. The van der Waals surface area contributed by atoms with Crippen LogP contribution in [0, 0.1) is 28.6 Å². The smallest absolute Gasteiger partial charge is 0.369 e. The quantitative estimate of drug-likeness (QED) is 0.345. The van der Waals surface area contributed by atoms with Crippen LogP contribution in [0.3, 0.4) is 0 Å². The van der Waals surface area contributed by atoms with Crippen molar-refractivity contribution >= 4 is 11.6 Å². The van der Waals surface area contributed by atoms with E-state index in [4.69, 9.17) is 0 Å². The highest BCUT2D eigenvalue weighted by atomic mass is 19.4. The van der Waals surface area contributed by atoms with Gasteiger partial charge in [-0.2, -0.15) is 23.7 Å². The van der Waals surface area contributed by atoms with Crippen LogP contribution in [-0.4, -0.2) is 30.9 Å². The van der Waals surface area contributed by atoms with Gasteiger partial charge in [-0.3, -0.25) is 0 Å². The molecule has 1 aliphatic heterocycles. The van der Waals surface area contributed by atoms with Crippen molar-refractivity contribution in [1.29, 1.82) is 10.5 Å². The van der Waals surface area contributed by atoms with Gasteiger partial charge in [0.2, 0.25) is 0 Å². The molecular formula is C29H23F3N8O. The van der Waals surface area contributed by atoms with E-state index in [1.54, 1.807) is 48.3 Å². The molecule has 1 aliphatic carbocycles. The Morgan fingerprint density at radius 3 is 2.56 bits per heavy atom. The molecule has 0 bridgehead atoms. The molecule has 206 valence electrons. The minimum absolute atomic E-state index is 0.00330. The third-order valence-corrected chi connectivity index (χ3v) is 7.61. The second-order valence-corrected chi connectivity index (χ2v) is 10.2. The fraction of sp³-hybridized carbons (Fsp3) is 0.276. The summed E-state index contributed by atoms with van der Waals surface area (Å²) in [6.07, 6.45) is -3.09. The Labute approximate surface area is 233 Å². The minimum atomic E-state index is -4.58. The van der Waals surface area contributed by atoms with Crippen LogP contribution in [0.1, 0.15) is 41.3 Å². The number of benzene rings is 2. The van der Waals surface area contributed by atoms with Crippen molar-refractivity contribution in [3.8, 4) is 34.7 Å². The maximum atomic E-state index is 13.8. The predicted octanol–water partition coefficient (Wildman–Crippen LogP) is 5.16. The first-order valence-corrected chi connectivity index (χ1v) is 12.9. The van der Waals surface area contributed by atoms with E-state index >= 15 is 0 Å². The number of hydrogen-bond acceptors (Lipinski definition) is 8. The standard InChI is InChI=1S/C29H23F3N8O/c1-39-15-35-38-27(39)20-6-5-16(12-33)9-22(20)18-10-25(36-19-7-17(8-19)13-34)37-26(11-18)40-14-23-21(28(40)41)3-2-4-24(23)29(30,31)32/h2-6,9-11,15,17,19,28,41H,7-8,14H2,1H3,(H,36,37)/t17-,19-,28?. The third-order valence-electron chi connectivity index (χ3n) is 7.61. The Balaban J connectivity index is 1.48. The maximum Gasteiger partial charge on any atom is 0.416 e. The van der Waals surface area contributed by atoms with Crippen molar-refractivity contribution in [3.63, 3.8) is 0 Å². The fourth-order valence-corrected chi connectivity index (χ4v) is 5.44. The topological polar surface area (TPSA) is 127 Å². The van der Waals surface area contributed by atoms with E-state index in [0.29, 0.717) is 46.7 Å². The molecule has 0 spiro atoms. The lowest BCUT2D eigenvalue weighted by Crippen LogP contribution is -2.35. The van der Waals surface area contributed by atoms with Crippen molar-refractivity contribution < 1.29 is 18.3 Å². The Bertz CT molecular complexity index is 1730. The van der Waals surface area contributed by atoms with Crippen molar-refractivity contribution in [2.24, 2.45) is 13.0 Å². The molecule has 1 unspecified atom stereocenters. The zero-order valence-corrected chi connectivity index (χ0v) is 21.8. The van der Waals surface area contributed by atoms with Crippen LogP contribution in [0.4, 0.5) is 24.8 Å². The van der Waals surface area contributed by atoms with E-state index < -0.39 is 18.0 Å². The highest BCUT2D eigenvalue weighted by Crippen LogP contribution is 2.44. The van der Waals surface area contributed by atoms with E-state index in [1.807, 2.05) is 0 Å². The Morgan fingerprint density at radius 2 is 1.88 bits per heavy atom. The number of aliphatic hydroxyl groups excluding tert-OH is 1. The molecule has 6 rings (SSSR count). The van der Waals surface area contributed by atoms with Crippen LogP contribution in [-0.2, 0) is 19.8 Å². The van der Waals surface area contributed by atoms with Gasteiger partial charge in [0.25, 0.3) is 0 Å². The number of aliphatic hydroxyl groups is 1. The number of fused-ring (bicyclic) bond motifs is 1. The van der Waals surface area contributed by atoms with Gasteiger partial charge >= 0.3 is 6.18 Å². The summed E-state index contributed by atoms with van der Waals surface area (Å²) in [5, 5.41) is 41.5. The second kappa shape index (κ2) is 9.91. The highest BCUT2D eigenvalue weighted by molar-refractivity contribution is 5.84. The summed E-state index contributed by atoms with van der Waals surface area (Å²) >= 11 is 0. The van der Waals surface area contributed by atoms with Crippen molar-refractivity contribution in [2.75, 3.05) is 10.2 Å². The number of pyridine rings is 1. The second-order valence-electron chi connectivity index (χ2n) is 10.2. The molecule has 4 aromatic rings. The number of nitrogens with one attached hydrogen (secondary N) is 1. The van der Waals surface area contributed by atoms with Crippen molar-refractivity contribution in [2.45, 2.75) is 37.8 Å². The van der Waals surface area contributed by atoms with Gasteiger partial charge in [0.15, 0.2) is 12.1 Å². The average Bonchev–Trinajstić information content (AvgIpc) is 3.52. The molecule has 2 aromatic carbocycles. The highest BCUT2D eigenvalue weighted by Gasteiger charge is 2.40. The van der Waals surface area contributed by atoms with Crippen LogP contribution >= 0.6 is 0 Å². The molecule has 0 amide bonds. The van der Waals surface area contributed by atoms with Gasteiger partial charge in [0.1, 0.15) is 18.0 Å². The molecule has 3 heterocycles. The van der Waals surface area contributed by atoms with Crippen LogP contribution in [0.5, 0.6) is 0 Å². The van der Waals surface area contributed by atoms with Crippen LogP contribution in [0.25, 0.3) is 22.5 Å². The molecule has 1 saturated carbocycles. The summed E-state index contributed by atoms with van der Waals surface area (Å²) in [6.45, 7) is -0.198. The lowest BCUT2D eigenvalue weighted by Gasteiger charge is -2.32. The number of halogens is 3. The van der Waals surface area contributed by atoms with Gasteiger partial charge in [-0.25, -0.2) is 4.98 Å². The van der Waals surface area contributed by atoms with Crippen LogP contribution < -0.4 is 10.2 Å². The summed E-state index contributed by atoms with van der Waals surface area (Å²) < 4.78 is 43.1. The lowest BCUT2D eigenvalue weighted by molar-refractivity contribution is -0.138. The summed E-state index contributed by atoms with van der Waals surface area (Å²) in [5.41, 5.74) is 1.71. The molecule has 1 fully saturated rings. The number of hydrogen-bond donors (Lipinski definition) is 2. The Hall–Kier alpha value is -4.94. The molecule has 0 saturated heterocycles. The summed E-state index contributed by atoms with van der Waals surface area (Å²) in [7, 11) is 1.79. The van der Waals surface area contributed by atoms with Gasteiger partial charge in [0.05, 0.1) is 29.2 Å². The van der Waals surface area contributed by atoms with Gasteiger partial charge in [-0.1, -0.05) is 12.1 Å². The monoisotopic (exact) mass is 556 g/mol. The number of anilines is 2. The van der Waals surface area contributed by atoms with Crippen LogP contribution in [0.15, 0.2) is 54.9 Å². The molecular weight excluding hydrogens is 533 g/mol. The zero-order chi connectivity index (χ0) is 28.9. The van der Waals surface area contributed by atoms with Crippen molar-refractivity contribution in [3.05, 3.63) is 77.1 Å². The first kappa shape index (κ1) is 26.3. The molecule has 12 heteroatoms. The number of aryl methyl sites for hydroxylation is 1. The molecule has 9 nitrogen and oxygen atoms in total. The van der Waals surface area contributed by atoms with Gasteiger partial charge in [-0.15, -0.1) is 10.2 Å². The summed E-state index contributed by atoms with van der Waals surface area (Å²) in [4.78, 5) is 6.10. The molecule has 2 N–H and O–H groups in total. The molecule has 2 aromatic heterocycles. The minimum Gasteiger partial charge on any atom is -0.369 e. The third kappa shape index (κ3) is 4.72. The first-order chi connectivity index (χ1) is 19.7. The number of nitriles is 2. The van der Waals surface area contributed by atoms with Gasteiger partial charge < -0.3 is 19.9 Å². The van der Waals surface area contributed by atoms with E-state index in [2.05, 4.69) is 32.6 Å². The van der Waals surface area contributed by atoms with Crippen LogP contribution in [0.2, 0.25) is 0 Å². The first-order valence-electron chi connectivity index (χ1n) is 12.9. The molecule has 41 heavy (non-hydrogen) atoms. The molecule has 1 atom stereocenters.